The van der Waals surface area contributed by atoms with Gasteiger partial charge in [-0.25, -0.2) is 14.2 Å². The molecule has 4 nitrogen and oxygen atoms in total. The first kappa shape index (κ1) is 12.9. The maximum Gasteiger partial charge on any atom is 0.340 e. The Hall–Kier alpha value is -1.14. The Bertz CT molecular complexity index is 465. The summed E-state index contributed by atoms with van der Waals surface area (Å²) in [6.45, 7) is 0. The molecule has 0 unspecified atom stereocenters. The van der Waals surface area contributed by atoms with Crippen molar-refractivity contribution in [1.29, 1.82) is 0 Å². The summed E-state index contributed by atoms with van der Waals surface area (Å²) in [5, 5.41) is 8.85. The highest BCUT2D eigenvalue weighted by molar-refractivity contribution is 9.10. The monoisotopic (exact) mass is 308 g/mol. The quantitative estimate of drug-likeness (QED) is 0.512. The van der Waals surface area contributed by atoms with Crippen LogP contribution >= 0.6 is 27.5 Å². The van der Waals surface area contributed by atoms with E-state index in [1.807, 2.05) is 0 Å². The van der Waals surface area contributed by atoms with E-state index in [4.69, 9.17) is 22.4 Å². The second-order valence-electron chi connectivity index (χ2n) is 2.80. The molecule has 0 aliphatic carbocycles. The van der Waals surface area contributed by atoms with Crippen LogP contribution in [0.15, 0.2) is 21.6 Å². The molecule has 0 aromatic heterocycles. The lowest BCUT2D eigenvalue weighted by molar-refractivity contribution is 0.0693. The number of carbonyl (C=O) groups is 1. The molecule has 86 valence electrons. The molecule has 0 bridgehead atoms. The third kappa shape index (κ3) is 2.70. The van der Waals surface area contributed by atoms with Gasteiger partial charge in [0, 0.05) is 0 Å². The summed E-state index contributed by atoms with van der Waals surface area (Å²) in [5.41, 5.74) is 4.75. The molecule has 7 heteroatoms. The zero-order valence-corrected chi connectivity index (χ0v) is 10.2. The van der Waals surface area contributed by atoms with Crippen LogP contribution in [0.5, 0.6) is 0 Å². The van der Waals surface area contributed by atoms with Gasteiger partial charge in [0.15, 0.2) is 5.82 Å². The van der Waals surface area contributed by atoms with E-state index in [2.05, 4.69) is 20.9 Å². The standard InChI is InChI=1S/C9H7BrClFN2O2/c10-4-1-2-5(14-6(13)3-11)7(8(4)12)9(15)16/h1-2H,3H2,(H2,13,14)(H,15,16). The number of aliphatic imine (C=N–C) groups is 1. The summed E-state index contributed by atoms with van der Waals surface area (Å²) in [6, 6.07) is 2.69. The highest BCUT2D eigenvalue weighted by Crippen LogP contribution is 2.28. The van der Waals surface area contributed by atoms with E-state index in [0.717, 1.165) is 0 Å². The van der Waals surface area contributed by atoms with Crippen molar-refractivity contribution in [1.82, 2.24) is 0 Å². The van der Waals surface area contributed by atoms with Gasteiger partial charge < -0.3 is 10.8 Å². The summed E-state index contributed by atoms with van der Waals surface area (Å²) in [7, 11) is 0. The fourth-order valence-corrected chi connectivity index (χ4v) is 1.41. The number of carboxylic acids is 1. The minimum atomic E-state index is -1.42. The molecule has 0 radical (unpaired) electrons. The van der Waals surface area contributed by atoms with Crippen LogP contribution in [0.3, 0.4) is 0 Å². The molecule has 0 saturated carbocycles. The van der Waals surface area contributed by atoms with Crippen LogP contribution in [-0.2, 0) is 0 Å². The average molecular weight is 310 g/mol. The van der Waals surface area contributed by atoms with Gasteiger partial charge >= 0.3 is 5.97 Å². The number of amidine groups is 1. The van der Waals surface area contributed by atoms with Crippen molar-refractivity contribution < 1.29 is 14.3 Å². The van der Waals surface area contributed by atoms with Crippen molar-refractivity contribution in [2.24, 2.45) is 10.7 Å². The normalized spacial score (nSPS) is 11.6. The maximum absolute atomic E-state index is 13.5. The molecule has 0 aliphatic heterocycles. The van der Waals surface area contributed by atoms with Crippen LogP contribution in [-0.4, -0.2) is 22.8 Å². The van der Waals surface area contributed by atoms with Crippen LogP contribution in [0.4, 0.5) is 10.1 Å². The Labute approximate surface area is 104 Å². The summed E-state index contributed by atoms with van der Waals surface area (Å²) in [4.78, 5) is 14.6. The first-order valence-corrected chi connectivity index (χ1v) is 5.40. The highest BCUT2D eigenvalue weighted by Gasteiger charge is 2.18. The topological polar surface area (TPSA) is 75.7 Å². The number of nitrogens with two attached hydrogens (primary N) is 1. The summed E-state index contributed by atoms with van der Waals surface area (Å²) in [6.07, 6.45) is 0. The van der Waals surface area contributed by atoms with Gasteiger partial charge in [-0.1, -0.05) is 0 Å². The lowest BCUT2D eigenvalue weighted by atomic mass is 10.1. The fraction of sp³-hybridized carbons (Fsp3) is 0.111. The van der Waals surface area contributed by atoms with E-state index < -0.39 is 17.3 Å². The number of rotatable bonds is 3. The van der Waals surface area contributed by atoms with Crippen molar-refractivity contribution in [3.8, 4) is 0 Å². The molecule has 0 amide bonds. The first-order chi connectivity index (χ1) is 7.47. The van der Waals surface area contributed by atoms with E-state index in [-0.39, 0.29) is 21.9 Å². The van der Waals surface area contributed by atoms with Crippen molar-refractivity contribution in [3.05, 3.63) is 28.0 Å². The third-order valence-corrected chi connectivity index (χ3v) is 2.57. The molecule has 1 rings (SSSR count). The summed E-state index contributed by atoms with van der Waals surface area (Å²) >= 11 is 8.29. The second kappa shape index (κ2) is 5.27. The Morgan fingerprint density at radius 3 is 2.75 bits per heavy atom. The maximum atomic E-state index is 13.5. The average Bonchev–Trinajstić information content (AvgIpc) is 2.23. The molecule has 1 aromatic rings. The van der Waals surface area contributed by atoms with Gasteiger partial charge in [-0.3, -0.25) is 0 Å². The molecule has 0 spiro atoms. The zero-order valence-electron chi connectivity index (χ0n) is 7.88. The van der Waals surface area contributed by atoms with Crippen LogP contribution in [0.2, 0.25) is 0 Å². The first-order valence-electron chi connectivity index (χ1n) is 4.07. The summed E-state index contributed by atoms with van der Waals surface area (Å²) < 4.78 is 13.5. The van der Waals surface area contributed by atoms with E-state index in [0.29, 0.717) is 0 Å². The van der Waals surface area contributed by atoms with Crippen molar-refractivity contribution in [3.63, 3.8) is 0 Å². The van der Waals surface area contributed by atoms with Crippen LogP contribution < -0.4 is 5.73 Å². The Morgan fingerprint density at radius 2 is 2.25 bits per heavy atom. The van der Waals surface area contributed by atoms with Gasteiger partial charge in [-0.2, -0.15) is 0 Å². The zero-order chi connectivity index (χ0) is 12.3. The number of carboxylic acid groups (broad SMARTS) is 1. The van der Waals surface area contributed by atoms with Gasteiger partial charge in [0.05, 0.1) is 16.0 Å². The molecular formula is C9H7BrClFN2O2. The number of hydrogen-bond acceptors (Lipinski definition) is 2. The van der Waals surface area contributed by atoms with Gasteiger partial charge in [0.2, 0.25) is 0 Å². The number of alkyl halides is 1. The smallest absolute Gasteiger partial charge is 0.340 e. The van der Waals surface area contributed by atoms with Crippen molar-refractivity contribution >= 4 is 45.0 Å². The third-order valence-electron chi connectivity index (χ3n) is 1.69. The van der Waals surface area contributed by atoms with Crippen LogP contribution in [0, 0.1) is 5.82 Å². The van der Waals surface area contributed by atoms with E-state index in [1.165, 1.54) is 12.1 Å². The van der Waals surface area contributed by atoms with Gasteiger partial charge in [-0.05, 0) is 28.1 Å². The minimum absolute atomic E-state index is 0.0193. The van der Waals surface area contributed by atoms with Gasteiger partial charge in [0.1, 0.15) is 11.4 Å². The molecule has 0 atom stereocenters. The van der Waals surface area contributed by atoms with Gasteiger partial charge in [-0.15, -0.1) is 11.6 Å². The fourth-order valence-electron chi connectivity index (χ4n) is 1.02. The number of hydrogen-bond donors (Lipinski definition) is 2. The van der Waals surface area contributed by atoms with Gasteiger partial charge in [0.25, 0.3) is 0 Å². The lowest BCUT2D eigenvalue weighted by Gasteiger charge is -2.04. The SMILES string of the molecule is NC(CCl)=Nc1ccc(Br)c(F)c1C(=O)O. The Balaban J connectivity index is 3.40. The second-order valence-corrected chi connectivity index (χ2v) is 3.92. The molecular weight excluding hydrogens is 302 g/mol. The largest absolute Gasteiger partial charge is 0.478 e. The van der Waals surface area contributed by atoms with E-state index >= 15 is 0 Å². The molecule has 16 heavy (non-hydrogen) atoms. The van der Waals surface area contributed by atoms with E-state index in [1.54, 1.807) is 0 Å². The van der Waals surface area contributed by atoms with Crippen LogP contribution in [0.1, 0.15) is 10.4 Å². The molecule has 3 N–H and O–H groups in total. The molecule has 0 fully saturated rings. The predicted molar refractivity (Wildman–Crippen MR) is 63.1 cm³/mol. The summed E-state index contributed by atoms with van der Waals surface area (Å²) in [5.74, 6) is -2.35. The number of benzene rings is 1. The predicted octanol–water partition coefficient (Wildman–Crippen LogP) is 2.51. The number of aromatic carboxylic acids is 1. The number of halogens is 3. The van der Waals surface area contributed by atoms with Crippen molar-refractivity contribution in [2.75, 3.05) is 5.88 Å². The lowest BCUT2D eigenvalue weighted by Crippen LogP contribution is -2.13. The molecule has 0 aliphatic rings. The van der Waals surface area contributed by atoms with Crippen molar-refractivity contribution in [2.45, 2.75) is 0 Å². The minimum Gasteiger partial charge on any atom is -0.478 e. The number of nitrogens with zero attached hydrogens (tertiary/aromatic N) is 1. The molecule has 0 saturated heterocycles. The molecule has 0 heterocycles. The highest BCUT2D eigenvalue weighted by atomic mass is 79.9. The Morgan fingerprint density at radius 1 is 1.62 bits per heavy atom. The van der Waals surface area contributed by atoms with E-state index in [9.17, 15) is 9.18 Å². The molecule has 1 aromatic carbocycles. The van der Waals surface area contributed by atoms with Crippen LogP contribution in [0.25, 0.3) is 0 Å². The Kier molecular flexibility index (Phi) is 4.26.